The zero-order chi connectivity index (χ0) is 11.4. The third-order valence-electron chi connectivity index (χ3n) is 2.27. The fourth-order valence-electron chi connectivity index (χ4n) is 1.43. The summed E-state index contributed by atoms with van der Waals surface area (Å²) in [5.74, 6) is 0.806. The van der Waals surface area contributed by atoms with E-state index in [-0.39, 0.29) is 12.1 Å². The van der Waals surface area contributed by atoms with Gasteiger partial charge in [0.25, 0.3) is 6.02 Å². The number of nitrogens with zero attached hydrogens (tertiary/aromatic N) is 1. The molecule has 86 valence electrons. The molecule has 5 heteroatoms. The van der Waals surface area contributed by atoms with Crippen LogP contribution in [0.3, 0.4) is 0 Å². The maximum absolute atomic E-state index is 5.76. The van der Waals surface area contributed by atoms with Crippen LogP contribution in [0.4, 0.5) is 0 Å². The molecular formula is C11H13ClN2O2. The molecule has 2 N–H and O–H groups in total. The lowest BCUT2D eigenvalue weighted by Gasteiger charge is -2.07. The minimum atomic E-state index is 0.118. The zero-order valence-electron chi connectivity index (χ0n) is 8.73. The summed E-state index contributed by atoms with van der Waals surface area (Å²) >= 11 is 5.76. The largest absolute Gasteiger partial charge is 0.494 e. The Balaban J connectivity index is 1.74. The average molecular weight is 241 g/mol. The van der Waals surface area contributed by atoms with Crippen molar-refractivity contribution in [3.8, 4) is 5.75 Å². The average Bonchev–Trinajstić information content (AvgIpc) is 2.67. The van der Waals surface area contributed by atoms with Crippen molar-refractivity contribution in [3.05, 3.63) is 29.3 Å². The van der Waals surface area contributed by atoms with E-state index in [0.717, 1.165) is 12.2 Å². The molecule has 1 atom stereocenters. The molecule has 0 bridgehead atoms. The minimum Gasteiger partial charge on any atom is -0.494 e. The first-order valence-corrected chi connectivity index (χ1v) is 5.46. The fourth-order valence-corrected chi connectivity index (χ4v) is 1.55. The van der Waals surface area contributed by atoms with E-state index < -0.39 is 0 Å². The number of amidine groups is 1. The Morgan fingerprint density at radius 3 is 2.81 bits per heavy atom. The van der Waals surface area contributed by atoms with Crippen molar-refractivity contribution < 1.29 is 9.47 Å². The van der Waals surface area contributed by atoms with Gasteiger partial charge in [0.15, 0.2) is 0 Å². The molecule has 1 aromatic rings. The lowest BCUT2D eigenvalue weighted by atomic mass is 10.2. The zero-order valence-corrected chi connectivity index (χ0v) is 9.48. The highest BCUT2D eigenvalue weighted by molar-refractivity contribution is 6.30. The summed E-state index contributed by atoms with van der Waals surface area (Å²) in [6.45, 7) is 1.14. The van der Waals surface area contributed by atoms with Crippen LogP contribution in [0.2, 0.25) is 5.02 Å². The number of hydrogen-bond donors (Lipinski definition) is 1. The molecule has 1 heterocycles. The van der Waals surface area contributed by atoms with Crippen LogP contribution in [0.25, 0.3) is 0 Å². The molecule has 4 nitrogen and oxygen atoms in total. The molecule has 0 aromatic heterocycles. The molecule has 1 aliphatic rings. The van der Waals surface area contributed by atoms with Crippen LogP contribution in [-0.2, 0) is 4.74 Å². The second-order valence-electron chi connectivity index (χ2n) is 3.52. The summed E-state index contributed by atoms with van der Waals surface area (Å²) < 4.78 is 10.6. The summed E-state index contributed by atoms with van der Waals surface area (Å²) in [7, 11) is 0. The van der Waals surface area contributed by atoms with Crippen LogP contribution in [0.1, 0.15) is 6.42 Å². The van der Waals surface area contributed by atoms with Crippen LogP contribution in [0, 0.1) is 0 Å². The van der Waals surface area contributed by atoms with Crippen LogP contribution in [-0.4, -0.2) is 25.3 Å². The summed E-state index contributed by atoms with van der Waals surface area (Å²) in [4.78, 5) is 4.10. The molecular weight excluding hydrogens is 228 g/mol. The van der Waals surface area contributed by atoms with E-state index in [1.165, 1.54) is 0 Å². The predicted octanol–water partition coefficient (Wildman–Crippen LogP) is 1.82. The van der Waals surface area contributed by atoms with Crippen molar-refractivity contribution in [2.24, 2.45) is 10.7 Å². The van der Waals surface area contributed by atoms with Crippen molar-refractivity contribution >= 4 is 17.6 Å². The SMILES string of the molecule is NC1=N[C@@H](CCOc2ccc(Cl)cc2)CO1. The first-order valence-electron chi connectivity index (χ1n) is 5.08. The molecule has 1 aromatic carbocycles. The van der Waals surface area contributed by atoms with Crippen LogP contribution in [0.15, 0.2) is 29.3 Å². The van der Waals surface area contributed by atoms with Crippen molar-refractivity contribution in [2.75, 3.05) is 13.2 Å². The Labute approximate surface area is 99.0 Å². The maximum Gasteiger partial charge on any atom is 0.282 e. The molecule has 0 unspecified atom stereocenters. The fraction of sp³-hybridized carbons (Fsp3) is 0.364. The smallest absolute Gasteiger partial charge is 0.282 e. The summed E-state index contributed by atoms with van der Waals surface area (Å²) in [6.07, 6.45) is 0.795. The first kappa shape index (κ1) is 11.1. The predicted molar refractivity (Wildman–Crippen MR) is 62.9 cm³/mol. The van der Waals surface area contributed by atoms with E-state index in [0.29, 0.717) is 18.2 Å². The summed E-state index contributed by atoms with van der Waals surface area (Å²) in [6, 6.07) is 7.66. The van der Waals surface area contributed by atoms with Gasteiger partial charge in [-0.2, -0.15) is 0 Å². The summed E-state index contributed by atoms with van der Waals surface area (Å²) in [5, 5.41) is 0.703. The third-order valence-corrected chi connectivity index (χ3v) is 2.52. The maximum atomic E-state index is 5.76. The van der Waals surface area contributed by atoms with E-state index in [2.05, 4.69) is 4.99 Å². The van der Waals surface area contributed by atoms with Gasteiger partial charge >= 0.3 is 0 Å². The highest BCUT2D eigenvalue weighted by Crippen LogP contribution is 2.16. The second-order valence-corrected chi connectivity index (χ2v) is 3.96. The Bertz CT molecular complexity index is 378. The van der Waals surface area contributed by atoms with Gasteiger partial charge in [-0.25, -0.2) is 4.99 Å². The molecule has 0 aliphatic carbocycles. The standard InChI is InChI=1S/C11H13ClN2O2/c12-8-1-3-10(4-2-8)15-6-5-9-7-16-11(13)14-9/h1-4,9H,5-7H2,(H2,13,14)/t9-/m0/s1. The molecule has 16 heavy (non-hydrogen) atoms. The van der Waals surface area contributed by atoms with E-state index >= 15 is 0 Å². The first-order chi connectivity index (χ1) is 7.74. The summed E-state index contributed by atoms with van der Waals surface area (Å²) in [5.41, 5.74) is 5.40. The number of rotatable bonds is 4. The van der Waals surface area contributed by atoms with Gasteiger partial charge in [0, 0.05) is 11.4 Å². The van der Waals surface area contributed by atoms with Gasteiger partial charge in [-0.05, 0) is 24.3 Å². The van der Waals surface area contributed by atoms with Crippen molar-refractivity contribution in [1.29, 1.82) is 0 Å². The number of benzene rings is 1. The van der Waals surface area contributed by atoms with Gasteiger partial charge in [0.1, 0.15) is 12.4 Å². The molecule has 0 spiro atoms. The minimum absolute atomic E-state index is 0.118. The van der Waals surface area contributed by atoms with Crippen LogP contribution < -0.4 is 10.5 Å². The Kier molecular flexibility index (Phi) is 3.51. The molecule has 1 aliphatic heterocycles. The molecule has 0 radical (unpaired) electrons. The quantitative estimate of drug-likeness (QED) is 0.874. The monoisotopic (exact) mass is 240 g/mol. The number of hydrogen-bond acceptors (Lipinski definition) is 4. The van der Waals surface area contributed by atoms with Gasteiger partial charge in [-0.15, -0.1) is 0 Å². The van der Waals surface area contributed by atoms with E-state index in [9.17, 15) is 0 Å². The molecule has 0 fully saturated rings. The van der Waals surface area contributed by atoms with E-state index in [4.69, 9.17) is 26.8 Å². The third kappa shape index (κ3) is 3.03. The topological polar surface area (TPSA) is 56.8 Å². The molecule has 2 rings (SSSR count). The molecule has 0 saturated carbocycles. The number of nitrogens with two attached hydrogens (primary N) is 1. The second kappa shape index (κ2) is 5.07. The van der Waals surface area contributed by atoms with E-state index in [1.54, 1.807) is 12.1 Å². The van der Waals surface area contributed by atoms with Crippen LogP contribution in [0.5, 0.6) is 5.75 Å². The van der Waals surface area contributed by atoms with Gasteiger partial charge < -0.3 is 15.2 Å². The van der Waals surface area contributed by atoms with Crippen molar-refractivity contribution in [3.63, 3.8) is 0 Å². The highest BCUT2D eigenvalue weighted by atomic mass is 35.5. The van der Waals surface area contributed by atoms with Gasteiger partial charge in [-0.1, -0.05) is 11.6 Å². The van der Waals surface area contributed by atoms with E-state index in [1.807, 2.05) is 12.1 Å². The number of ether oxygens (including phenoxy) is 2. The normalized spacial score (nSPS) is 19.1. The lowest BCUT2D eigenvalue weighted by Crippen LogP contribution is -2.12. The van der Waals surface area contributed by atoms with Crippen molar-refractivity contribution in [1.82, 2.24) is 0 Å². The van der Waals surface area contributed by atoms with Crippen LogP contribution >= 0.6 is 11.6 Å². The van der Waals surface area contributed by atoms with Gasteiger partial charge in [0.2, 0.25) is 0 Å². The number of aliphatic imine (C=N–C) groups is 1. The van der Waals surface area contributed by atoms with Gasteiger partial charge in [-0.3, -0.25) is 0 Å². The molecule has 0 amide bonds. The van der Waals surface area contributed by atoms with Crippen molar-refractivity contribution in [2.45, 2.75) is 12.5 Å². The Hall–Kier alpha value is -1.42. The lowest BCUT2D eigenvalue weighted by molar-refractivity contribution is 0.263. The van der Waals surface area contributed by atoms with Gasteiger partial charge in [0.05, 0.1) is 12.6 Å². The Morgan fingerprint density at radius 1 is 1.44 bits per heavy atom. The molecule has 0 saturated heterocycles. The highest BCUT2D eigenvalue weighted by Gasteiger charge is 2.16. The Morgan fingerprint density at radius 2 is 2.19 bits per heavy atom. The number of halogens is 1.